The fourth-order valence-electron chi connectivity index (χ4n) is 3.42. The highest BCUT2D eigenvalue weighted by Gasteiger charge is 2.23. The zero-order valence-electron chi connectivity index (χ0n) is 19.4. The number of fused-ring (bicyclic) bond motifs is 1. The molecule has 0 aliphatic carbocycles. The molecule has 0 radical (unpaired) electrons. The SMILES string of the molecule is Cc1ccc(S(=O)(=O)C/C(=N/NC(=O)c2ccc(S(N)(=O)=O)cc2)c2cc3ccccc3oc2=O)cc1. The van der Waals surface area contributed by atoms with Crippen LogP contribution in [0.1, 0.15) is 21.5 Å². The molecule has 4 aromatic rings. The smallest absolute Gasteiger partial charge is 0.345 e. The summed E-state index contributed by atoms with van der Waals surface area (Å²) in [5.41, 5.74) is 2.22. The van der Waals surface area contributed by atoms with Crippen LogP contribution in [0.25, 0.3) is 11.0 Å². The molecule has 12 heteroatoms. The lowest BCUT2D eigenvalue weighted by Crippen LogP contribution is -2.27. The lowest BCUT2D eigenvalue weighted by molar-refractivity contribution is 0.0954. The monoisotopic (exact) mass is 539 g/mol. The van der Waals surface area contributed by atoms with E-state index < -0.39 is 37.1 Å². The van der Waals surface area contributed by atoms with E-state index in [1.54, 1.807) is 36.4 Å². The molecule has 0 bridgehead atoms. The Balaban J connectivity index is 1.73. The first-order valence-electron chi connectivity index (χ1n) is 10.8. The van der Waals surface area contributed by atoms with Gasteiger partial charge in [0.2, 0.25) is 10.0 Å². The molecule has 0 saturated heterocycles. The van der Waals surface area contributed by atoms with Gasteiger partial charge in [-0.1, -0.05) is 35.9 Å². The molecule has 0 saturated carbocycles. The van der Waals surface area contributed by atoms with E-state index in [1.165, 1.54) is 30.3 Å². The second-order valence-electron chi connectivity index (χ2n) is 8.13. The fraction of sp³-hybridized carbons (Fsp3) is 0.0800. The first-order valence-corrected chi connectivity index (χ1v) is 14.0. The van der Waals surface area contributed by atoms with E-state index in [0.717, 1.165) is 17.7 Å². The average Bonchev–Trinajstić information content (AvgIpc) is 2.86. The van der Waals surface area contributed by atoms with Crippen molar-refractivity contribution in [1.82, 2.24) is 5.43 Å². The maximum absolute atomic E-state index is 13.2. The number of rotatable bonds is 7. The van der Waals surface area contributed by atoms with Gasteiger partial charge in [-0.15, -0.1) is 0 Å². The number of hydrazone groups is 1. The minimum atomic E-state index is -3.97. The highest BCUT2D eigenvalue weighted by molar-refractivity contribution is 7.92. The molecule has 3 N–H and O–H groups in total. The molecule has 0 aliphatic rings. The number of hydrogen-bond acceptors (Lipinski definition) is 8. The van der Waals surface area contributed by atoms with Gasteiger partial charge in [0.1, 0.15) is 5.58 Å². The van der Waals surface area contributed by atoms with Gasteiger partial charge in [0.15, 0.2) is 9.84 Å². The minimum absolute atomic E-state index is 0.0147. The van der Waals surface area contributed by atoms with Gasteiger partial charge in [-0.3, -0.25) is 4.79 Å². The standard InChI is InChI=1S/C25H21N3O7S2/c1-16-6-10-19(11-7-16)36(31,32)15-22(21-14-18-4-2-3-5-23(18)35-25(21)30)27-28-24(29)17-8-12-20(13-9-17)37(26,33)34/h2-14H,15H2,1H3,(H,28,29)(H2,26,33,34)/b27-22-. The Hall–Kier alpha value is -4.13. The molecule has 0 atom stereocenters. The maximum atomic E-state index is 13.2. The van der Waals surface area contributed by atoms with E-state index in [1.807, 2.05) is 6.92 Å². The van der Waals surface area contributed by atoms with E-state index in [0.29, 0.717) is 11.0 Å². The Bertz CT molecular complexity index is 1790. The Morgan fingerprint density at radius 3 is 2.19 bits per heavy atom. The van der Waals surface area contributed by atoms with Crippen molar-refractivity contribution in [3.63, 3.8) is 0 Å². The summed E-state index contributed by atoms with van der Waals surface area (Å²) in [6.07, 6.45) is 0. The summed E-state index contributed by atoms with van der Waals surface area (Å²) in [6.45, 7) is 1.81. The third kappa shape index (κ3) is 6.00. The van der Waals surface area contributed by atoms with Crippen LogP contribution in [0.5, 0.6) is 0 Å². The summed E-state index contributed by atoms with van der Waals surface area (Å²) >= 11 is 0. The molecule has 3 aromatic carbocycles. The van der Waals surface area contributed by atoms with Gasteiger partial charge in [-0.2, -0.15) is 5.10 Å². The largest absolute Gasteiger partial charge is 0.422 e. The zero-order valence-corrected chi connectivity index (χ0v) is 21.0. The van der Waals surface area contributed by atoms with Gasteiger partial charge >= 0.3 is 5.63 Å². The second kappa shape index (κ2) is 10.1. The Labute approximate surface area is 212 Å². The lowest BCUT2D eigenvalue weighted by Gasteiger charge is -2.10. The van der Waals surface area contributed by atoms with Crippen LogP contribution in [0.15, 0.2) is 103 Å². The van der Waals surface area contributed by atoms with Gasteiger partial charge in [0.05, 0.1) is 26.8 Å². The Morgan fingerprint density at radius 2 is 1.54 bits per heavy atom. The molecule has 0 unspecified atom stereocenters. The number of hydrogen-bond donors (Lipinski definition) is 2. The van der Waals surface area contributed by atoms with E-state index in [4.69, 9.17) is 9.56 Å². The summed E-state index contributed by atoms with van der Waals surface area (Å²) in [5.74, 6) is -1.47. The van der Waals surface area contributed by atoms with Crippen LogP contribution in [0.2, 0.25) is 0 Å². The van der Waals surface area contributed by atoms with Crippen LogP contribution >= 0.6 is 0 Å². The molecular formula is C25H21N3O7S2. The number of nitrogens with one attached hydrogen (secondary N) is 1. The van der Waals surface area contributed by atoms with Crippen LogP contribution in [0.3, 0.4) is 0 Å². The highest BCUT2D eigenvalue weighted by Crippen LogP contribution is 2.17. The third-order valence-electron chi connectivity index (χ3n) is 5.40. The van der Waals surface area contributed by atoms with Crippen molar-refractivity contribution in [2.45, 2.75) is 16.7 Å². The predicted octanol–water partition coefficient (Wildman–Crippen LogP) is 2.36. The zero-order chi connectivity index (χ0) is 26.8. The Morgan fingerprint density at radius 1 is 0.919 bits per heavy atom. The minimum Gasteiger partial charge on any atom is -0.422 e. The summed E-state index contributed by atoms with van der Waals surface area (Å²) in [6, 6.07) is 19.0. The molecule has 190 valence electrons. The molecule has 0 aliphatic heterocycles. The molecule has 0 spiro atoms. The maximum Gasteiger partial charge on any atom is 0.345 e. The number of amides is 1. The van der Waals surface area contributed by atoms with Crippen LogP contribution in [-0.2, 0) is 19.9 Å². The summed E-state index contributed by atoms with van der Waals surface area (Å²) in [7, 11) is -7.92. The number of sulfonamides is 1. The molecule has 1 amide bonds. The molecule has 0 fully saturated rings. The number of aryl methyl sites for hydroxylation is 1. The summed E-state index contributed by atoms with van der Waals surface area (Å²) in [5, 5.41) is 9.57. The molecular weight excluding hydrogens is 518 g/mol. The van der Waals surface area contributed by atoms with E-state index in [9.17, 15) is 26.4 Å². The van der Waals surface area contributed by atoms with Crippen molar-refractivity contribution in [3.8, 4) is 0 Å². The van der Waals surface area contributed by atoms with E-state index in [2.05, 4.69) is 10.5 Å². The molecule has 37 heavy (non-hydrogen) atoms. The number of sulfone groups is 1. The molecule has 1 heterocycles. The number of carbonyl (C=O) groups is 1. The average molecular weight is 540 g/mol. The molecule has 10 nitrogen and oxygen atoms in total. The van der Waals surface area contributed by atoms with Crippen LogP contribution in [-0.4, -0.2) is 34.2 Å². The number of nitrogens with two attached hydrogens (primary N) is 1. The van der Waals surface area contributed by atoms with E-state index >= 15 is 0 Å². The van der Waals surface area contributed by atoms with Crippen LogP contribution in [0.4, 0.5) is 0 Å². The van der Waals surface area contributed by atoms with Gasteiger partial charge < -0.3 is 4.42 Å². The summed E-state index contributed by atoms with van der Waals surface area (Å²) < 4.78 is 54.5. The van der Waals surface area contributed by atoms with Crippen molar-refractivity contribution >= 4 is 42.4 Å². The Kier molecular flexibility index (Phi) is 7.07. The van der Waals surface area contributed by atoms with Gasteiger partial charge in [-0.05, 0) is 55.5 Å². The van der Waals surface area contributed by atoms with Crippen molar-refractivity contribution in [2.75, 3.05) is 5.75 Å². The lowest BCUT2D eigenvalue weighted by atomic mass is 10.1. The second-order valence-corrected chi connectivity index (χ2v) is 11.7. The normalized spacial score (nSPS) is 12.4. The van der Waals surface area contributed by atoms with Crippen LogP contribution < -0.4 is 16.2 Å². The van der Waals surface area contributed by atoms with Gasteiger partial charge in [-0.25, -0.2) is 32.2 Å². The quantitative estimate of drug-likeness (QED) is 0.207. The third-order valence-corrected chi connectivity index (χ3v) is 7.97. The van der Waals surface area contributed by atoms with Gasteiger partial charge in [0.25, 0.3) is 5.91 Å². The fourth-order valence-corrected chi connectivity index (χ4v) is 5.23. The van der Waals surface area contributed by atoms with Crippen molar-refractivity contribution in [3.05, 3.63) is 106 Å². The van der Waals surface area contributed by atoms with Crippen molar-refractivity contribution < 1.29 is 26.0 Å². The molecule has 1 aromatic heterocycles. The van der Waals surface area contributed by atoms with Crippen LogP contribution in [0, 0.1) is 6.92 Å². The van der Waals surface area contributed by atoms with Gasteiger partial charge in [0, 0.05) is 10.9 Å². The summed E-state index contributed by atoms with van der Waals surface area (Å²) in [4.78, 5) is 25.3. The number of para-hydroxylation sites is 1. The first-order chi connectivity index (χ1) is 17.4. The van der Waals surface area contributed by atoms with Crippen molar-refractivity contribution in [2.24, 2.45) is 10.2 Å². The number of carbonyl (C=O) groups excluding carboxylic acids is 1. The predicted molar refractivity (Wildman–Crippen MR) is 138 cm³/mol. The highest BCUT2D eigenvalue weighted by atomic mass is 32.2. The molecule has 4 rings (SSSR count). The van der Waals surface area contributed by atoms with E-state index in [-0.39, 0.29) is 26.6 Å². The number of primary sulfonamides is 1. The topological polar surface area (TPSA) is 166 Å². The number of benzene rings is 3. The van der Waals surface area contributed by atoms with Crippen molar-refractivity contribution in [1.29, 1.82) is 0 Å². The number of nitrogens with zero attached hydrogens (tertiary/aromatic N) is 1. The first kappa shape index (κ1) is 25.9.